The maximum atomic E-state index is 12.7. The number of aromatic hydroxyl groups is 2. The van der Waals surface area contributed by atoms with Crippen LogP contribution in [0.5, 0.6) is 11.6 Å². The number of benzene rings is 2. The van der Waals surface area contributed by atoms with Crippen molar-refractivity contribution >= 4 is 5.91 Å². The Balaban J connectivity index is 1.47. The molecule has 178 valence electrons. The molecule has 8 heteroatoms. The van der Waals surface area contributed by atoms with Crippen molar-refractivity contribution in [2.24, 2.45) is 0 Å². The van der Waals surface area contributed by atoms with Gasteiger partial charge in [-0.15, -0.1) is 0 Å². The van der Waals surface area contributed by atoms with Crippen LogP contribution in [0.3, 0.4) is 0 Å². The second-order valence-electron chi connectivity index (χ2n) is 8.95. The van der Waals surface area contributed by atoms with Crippen molar-refractivity contribution < 1.29 is 15.0 Å². The summed E-state index contributed by atoms with van der Waals surface area (Å²) in [6.07, 6.45) is 0. The standard InChI is InChI=1S/C26H31N5O3/c1-17-4-5-20(14-18(17)2)15-27-25(33)22-23(32)26(34)29-24(28-22)21-8-6-19(7-9-21)16-31-12-10-30(3)11-13-31/h4-9,14,32H,10-13,15-16H2,1-3H3,(H,27,33)(H,28,29,34). The molecule has 4 rings (SSSR count). The minimum atomic E-state index is -0.631. The van der Waals surface area contributed by atoms with Gasteiger partial charge in [0.1, 0.15) is 0 Å². The summed E-state index contributed by atoms with van der Waals surface area (Å²) < 4.78 is 0. The van der Waals surface area contributed by atoms with Gasteiger partial charge in [-0.05, 0) is 43.1 Å². The van der Waals surface area contributed by atoms with Crippen molar-refractivity contribution in [3.05, 3.63) is 70.4 Å². The lowest BCUT2D eigenvalue weighted by Gasteiger charge is -2.32. The van der Waals surface area contributed by atoms with Crippen LogP contribution in [-0.4, -0.2) is 69.1 Å². The van der Waals surface area contributed by atoms with E-state index in [0.717, 1.165) is 43.9 Å². The van der Waals surface area contributed by atoms with E-state index in [1.54, 1.807) is 0 Å². The summed E-state index contributed by atoms with van der Waals surface area (Å²) in [4.78, 5) is 25.7. The smallest absolute Gasteiger partial charge is 0.274 e. The third-order valence-corrected chi connectivity index (χ3v) is 6.32. The number of amides is 1. The first-order valence-electron chi connectivity index (χ1n) is 11.4. The maximum Gasteiger partial charge on any atom is 0.274 e. The molecular formula is C26H31N5O3. The Morgan fingerprint density at radius 3 is 2.29 bits per heavy atom. The summed E-state index contributed by atoms with van der Waals surface area (Å²) in [5, 5.41) is 23.1. The molecule has 0 aliphatic carbocycles. The zero-order chi connectivity index (χ0) is 24.2. The van der Waals surface area contributed by atoms with Gasteiger partial charge in [-0.25, -0.2) is 4.98 Å². The molecule has 2 heterocycles. The second kappa shape index (κ2) is 10.2. The van der Waals surface area contributed by atoms with Gasteiger partial charge in [-0.1, -0.05) is 42.5 Å². The Morgan fingerprint density at radius 2 is 1.62 bits per heavy atom. The number of rotatable bonds is 6. The van der Waals surface area contributed by atoms with E-state index in [2.05, 4.69) is 32.1 Å². The van der Waals surface area contributed by atoms with Crippen LogP contribution < -0.4 is 5.32 Å². The molecule has 34 heavy (non-hydrogen) atoms. The number of nitrogens with zero attached hydrogens (tertiary/aromatic N) is 4. The first-order chi connectivity index (χ1) is 16.3. The lowest BCUT2D eigenvalue weighted by Crippen LogP contribution is -2.43. The topological polar surface area (TPSA) is 102 Å². The predicted octanol–water partition coefficient (Wildman–Crippen LogP) is 2.85. The fourth-order valence-electron chi connectivity index (χ4n) is 3.93. The Bertz CT molecular complexity index is 1170. The highest BCUT2D eigenvalue weighted by Gasteiger charge is 2.20. The fraction of sp³-hybridized carbons (Fsp3) is 0.346. The van der Waals surface area contributed by atoms with Crippen LogP contribution in [0.25, 0.3) is 11.4 Å². The third kappa shape index (κ3) is 5.52. The number of nitrogens with one attached hydrogen (secondary N) is 1. The van der Waals surface area contributed by atoms with Crippen molar-refractivity contribution in [1.82, 2.24) is 25.1 Å². The van der Waals surface area contributed by atoms with Gasteiger partial charge < -0.3 is 20.4 Å². The molecule has 0 saturated carbocycles. The van der Waals surface area contributed by atoms with Crippen molar-refractivity contribution in [2.75, 3.05) is 33.2 Å². The Hall–Kier alpha value is -3.49. The Labute approximate surface area is 199 Å². The summed E-state index contributed by atoms with van der Waals surface area (Å²) in [6.45, 7) is 9.38. The molecule has 3 N–H and O–H groups in total. The molecule has 2 aromatic carbocycles. The van der Waals surface area contributed by atoms with Crippen LogP contribution in [0.2, 0.25) is 0 Å². The number of carbonyl (C=O) groups is 1. The van der Waals surface area contributed by atoms with Gasteiger partial charge in [0.15, 0.2) is 11.5 Å². The average molecular weight is 462 g/mol. The van der Waals surface area contributed by atoms with E-state index < -0.39 is 17.5 Å². The molecule has 0 radical (unpaired) electrons. The van der Waals surface area contributed by atoms with Gasteiger partial charge in [0.05, 0.1) is 0 Å². The van der Waals surface area contributed by atoms with Crippen molar-refractivity contribution in [3.63, 3.8) is 0 Å². The minimum absolute atomic E-state index is 0.178. The van der Waals surface area contributed by atoms with Crippen LogP contribution in [-0.2, 0) is 13.1 Å². The molecule has 1 amide bonds. The molecule has 1 fully saturated rings. The normalized spacial score (nSPS) is 14.8. The number of likely N-dealkylation sites (N-methyl/N-ethyl adjacent to an activating group) is 1. The third-order valence-electron chi connectivity index (χ3n) is 6.32. The van der Waals surface area contributed by atoms with Gasteiger partial charge in [-0.2, -0.15) is 4.98 Å². The molecule has 1 aliphatic rings. The number of carbonyl (C=O) groups excluding carboxylic acids is 1. The van der Waals surface area contributed by atoms with Crippen molar-refractivity contribution in [3.8, 4) is 23.0 Å². The molecule has 0 spiro atoms. The van der Waals surface area contributed by atoms with Gasteiger partial charge in [0.25, 0.3) is 11.8 Å². The zero-order valence-electron chi connectivity index (χ0n) is 19.9. The highest BCUT2D eigenvalue weighted by atomic mass is 16.3. The predicted molar refractivity (Wildman–Crippen MR) is 131 cm³/mol. The van der Waals surface area contributed by atoms with Crippen LogP contribution in [0.1, 0.15) is 32.7 Å². The van der Waals surface area contributed by atoms with E-state index in [1.165, 1.54) is 11.1 Å². The summed E-state index contributed by atoms with van der Waals surface area (Å²) in [5.74, 6) is -1.66. The molecule has 8 nitrogen and oxygen atoms in total. The molecular weight excluding hydrogens is 430 g/mol. The number of hydrogen-bond acceptors (Lipinski definition) is 7. The summed E-state index contributed by atoms with van der Waals surface area (Å²) in [7, 11) is 2.14. The fourth-order valence-corrected chi connectivity index (χ4v) is 3.93. The second-order valence-corrected chi connectivity index (χ2v) is 8.95. The zero-order valence-corrected chi connectivity index (χ0v) is 19.9. The number of aryl methyl sites for hydroxylation is 2. The SMILES string of the molecule is Cc1ccc(CNC(=O)c2nc(-c3ccc(CN4CCN(C)CC4)cc3)nc(O)c2O)cc1C. The summed E-state index contributed by atoms with van der Waals surface area (Å²) in [5.41, 5.74) is 4.81. The minimum Gasteiger partial charge on any atom is -0.501 e. The van der Waals surface area contributed by atoms with E-state index in [0.29, 0.717) is 5.56 Å². The molecule has 0 bridgehead atoms. The van der Waals surface area contributed by atoms with Crippen molar-refractivity contribution in [1.29, 1.82) is 0 Å². The Morgan fingerprint density at radius 1 is 0.941 bits per heavy atom. The quantitative estimate of drug-likeness (QED) is 0.519. The monoisotopic (exact) mass is 461 g/mol. The van der Waals surface area contributed by atoms with Crippen LogP contribution in [0.15, 0.2) is 42.5 Å². The summed E-state index contributed by atoms with van der Waals surface area (Å²) >= 11 is 0. The Kier molecular flexibility index (Phi) is 7.09. The highest BCUT2D eigenvalue weighted by molar-refractivity contribution is 5.95. The molecule has 1 aliphatic heterocycles. The number of hydrogen-bond donors (Lipinski definition) is 3. The van der Waals surface area contributed by atoms with Gasteiger partial charge in [-0.3, -0.25) is 9.69 Å². The van der Waals surface area contributed by atoms with Gasteiger partial charge >= 0.3 is 0 Å². The largest absolute Gasteiger partial charge is 0.501 e. The van der Waals surface area contributed by atoms with E-state index in [-0.39, 0.29) is 18.1 Å². The average Bonchev–Trinajstić information content (AvgIpc) is 2.83. The molecule has 0 unspecified atom stereocenters. The van der Waals surface area contributed by atoms with E-state index >= 15 is 0 Å². The summed E-state index contributed by atoms with van der Waals surface area (Å²) in [6, 6.07) is 13.7. The molecule has 3 aromatic rings. The number of piperazine rings is 1. The van der Waals surface area contributed by atoms with E-state index in [9.17, 15) is 15.0 Å². The van der Waals surface area contributed by atoms with Crippen molar-refractivity contribution in [2.45, 2.75) is 26.9 Å². The first-order valence-corrected chi connectivity index (χ1v) is 11.4. The highest BCUT2D eigenvalue weighted by Crippen LogP contribution is 2.29. The van der Waals surface area contributed by atoms with Gasteiger partial charge in [0, 0.05) is 44.8 Å². The molecule has 0 atom stereocenters. The van der Waals surface area contributed by atoms with Crippen LogP contribution >= 0.6 is 0 Å². The molecule has 1 saturated heterocycles. The lowest BCUT2D eigenvalue weighted by molar-refractivity contribution is 0.0942. The lowest BCUT2D eigenvalue weighted by atomic mass is 10.1. The van der Waals surface area contributed by atoms with Crippen LogP contribution in [0.4, 0.5) is 0 Å². The molecule has 1 aromatic heterocycles. The van der Waals surface area contributed by atoms with E-state index in [4.69, 9.17) is 0 Å². The van der Waals surface area contributed by atoms with E-state index in [1.807, 2.05) is 56.3 Å². The maximum absolute atomic E-state index is 12.7. The number of aromatic nitrogens is 2. The first kappa shape index (κ1) is 23.7. The van der Waals surface area contributed by atoms with Gasteiger partial charge in [0.2, 0.25) is 5.75 Å². The van der Waals surface area contributed by atoms with Crippen LogP contribution in [0, 0.1) is 13.8 Å².